The number of hydrogen-bond donors (Lipinski definition) is 0. The van der Waals surface area contributed by atoms with E-state index >= 15 is 0 Å². The highest BCUT2D eigenvalue weighted by Crippen LogP contribution is 2.22. The van der Waals surface area contributed by atoms with Crippen LogP contribution in [0.5, 0.6) is 5.75 Å². The van der Waals surface area contributed by atoms with Crippen molar-refractivity contribution in [2.45, 2.75) is 12.6 Å². The first-order valence-corrected chi connectivity index (χ1v) is 3.91. The maximum Gasteiger partial charge on any atom is 0.393 e. The number of rotatable bonds is 2. The van der Waals surface area contributed by atoms with Crippen LogP contribution in [0.3, 0.4) is 0 Å². The van der Waals surface area contributed by atoms with Gasteiger partial charge in [0.2, 0.25) is 0 Å². The minimum absolute atomic E-state index is 0.0388. The summed E-state index contributed by atoms with van der Waals surface area (Å²) >= 11 is 0. The van der Waals surface area contributed by atoms with Crippen LogP contribution in [0.25, 0.3) is 0 Å². The third kappa shape index (κ3) is 2.98. The van der Waals surface area contributed by atoms with Crippen molar-refractivity contribution in [3.63, 3.8) is 0 Å². The summed E-state index contributed by atoms with van der Waals surface area (Å²) in [6, 6.07) is 4.22. The van der Waals surface area contributed by atoms with E-state index in [-0.39, 0.29) is 11.0 Å². The summed E-state index contributed by atoms with van der Waals surface area (Å²) in [5, 5.41) is 0. The van der Waals surface area contributed by atoms with Crippen molar-refractivity contribution in [3.05, 3.63) is 23.8 Å². The van der Waals surface area contributed by atoms with E-state index in [1.165, 1.54) is 25.3 Å². The zero-order chi connectivity index (χ0) is 10.8. The summed E-state index contributed by atoms with van der Waals surface area (Å²) in [6.45, 7) is 0. The maximum absolute atomic E-state index is 12.1. The van der Waals surface area contributed by atoms with E-state index in [1.807, 2.05) is 0 Å². The van der Waals surface area contributed by atoms with Crippen LogP contribution in [-0.2, 0) is 6.42 Å². The van der Waals surface area contributed by atoms with Gasteiger partial charge in [-0.2, -0.15) is 13.2 Å². The summed E-state index contributed by atoms with van der Waals surface area (Å²) in [5.41, 5.74) is 0.167. The van der Waals surface area contributed by atoms with Gasteiger partial charge in [-0.3, -0.25) is 0 Å². The molecule has 0 aliphatic rings. The quantitative estimate of drug-likeness (QED) is 0.658. The molecule has 0 amide bonds. The van der Waals surface area contributed by atoms with Crippen molar-refractivity contribution in [3.8, 4) is 5.75 Å². The lowest BCUT2D eigenvalue weighted by Crippen LogP contribution is -2.19. The predicted octanol–water partition coefficient (Wildman–Crippen LogP) is 1.59. The molecule has 1 aromatic carbocycles. The summed E-state index contributed by atoms with van der Waals surface area (Å²) in [6.07, 6.45) is -5.28. The van der Waals surface area contributed by atoms with Gasteiger partial charge in [-0.1, -0.05) is 11.5 Å². The zero-order valence-corrected chi connectivity index (χ0v) is 7.56. The highest BCUT2D eigenvalue weighted by molar-refractivity contribution is 6.33. The van der Waals surface area contributed by atoms with E-state index in [0.717, 1.165) is 0 Å². The molecule has 0 fully saturated rings. The second kappa shape index (κ2) is 3.94. The lowest BCUT2D eigenvalue weighted by Gasteiger charge is -2.10. The fraction of sp³-hybridized carbons (Fsp3) is 0.333. The average Bonchev–Trinajstić information content (AvgIpc) is 2.06. The number of methoxy groups -OCH3 is 1. The lowest BCUT2D eigenvalue weighted by molar-refractivity contribution is -0.127. The Kier molecular flexibility index (Phi) is 3.08. The molecular weight excluding hydrogens is 192 g/mol. The molecular formula is C9H8BF3O. The van der Waals surface area contributed by atoms with Crippen LogP contribution >= 0.6 is 0 Å². The molecule has 0 saturated carbocycles. The van der Waals surface area contributed by atoms with Crippen LogP contribution in [0.1, 0.15) is 5.56 Å². The maximum atomic E-state index is 12.1. The van der Waals surface area contributed by atoms with E-state index < -0.39 is 12.6 Å². The van der Waals surface area contributed by atoms with Crippen molar-refractivity contribution in [2.75, 3.05) is 7.11 Å². The molecule has 0 atom stereocenters. The van der Waals surface area contributed by atoms with Crippen molar-refractivity contribution < 1.29 is 17.9 Å². The summed E-state index contributed by atoms with van der Waals surface area (Å²) in [7, 11) is 6.79. The van der Waals surface area contributed by atoms with Crippen molar-refractivity contribution in [1.29, 1.82) is 0 Å². The van der Waals surface area contributed by atoms with Crippen LogP contribution in [0.15, 0.2) is 18.2 Å². The van der Waals surface area contributed by atoms with E-state index in [0.29, 0.717) is 5.75 Å². The molecule has 0 aliphatic heterocycles. The standard InChI is InChI=1S/C9H8BF3O/c1-14-7-2-3-8(10)6(4-7)5-9(11,12)13/h2-4H,5H2,1H3. The molecule has 1 nitrogen and oxygen atoms in total. The number of halogens is 3. The van der Waals surface area contributed by atoms with Crippen LogP contribution in [-0.4, -0.2) is 21.1 Å². The molecule has 74 valence electrons. The number of hydrogen-bond acceptors (Lipinski definition) is 1. The smallest absolute Gasteiger partial charge is 0.393 e. The van der Waals surface area contributed by atoms with Crippen LogP contribution < -0.4 is 10.2 Å². The minimum Gasteiger partial charge on any atom is -0.497 e. The van der Waals surface area contributed by atoms with E-state index in [4.69, 9.17) is 12.6 Å². The second-order valence-electron chi connectivity index (χ2n) is 2.86. The largest absolute Gasteiger partial charge is 0.497 e. The zero-order valence-electron chi connectivity index (χ0n) is 7.56. The Morgan fingerprint density at radius 2 is 2.00 bits per heavy atom. The molecule has 0 spiro atoms. The van der Waals surface area contributed by atoms with Crippen molar-refractivity contribution in [1.82, 2.24) is 0 Å². The third-order valence-corrected chi connectivity index (χ3v) is 1.74. The molecule has 1 aromatic rings. The van der Waals surface area contributed by atoms with Gasteiger partial charge in [0.1, 0.15) is 13.6 Å². The first-order valence-electron chi connectivity index (χ1n) is 3.91. The summed E-state index contributed by atoms with van der Waals surface area (Å²) in [4.78, 5) is 0. The third-order valence-electron chi connectivity index (χ3n) is 1.74. The summed E-state index contributed by atoms with van der Waals surface area (Å²) < 4.78 is 41.0. The van der Waals surface area contributed by atoms with Gasteiger partial charge in [0, 0.05) is 0 Å². The number of ether oxygens (including phenoxy) is 1. The molecule has 14 heavy (non-hydrogen) atoms. The molecule has 0 bridgehead atoms. The molecule has 0 N–H and O–H groups in total. The number of alkyl halides is 3. The Hall–Kier alpha value is -1.13. The van der Waals surface area contributed by atoms with Gasteiger partial charge in [-0.25, -0.2) is 0 Å². The van der Waals surface area contributed by atoms with Gasteiger partial charge in [-0.15, -0.1) is 0 Å². The molecule has 1 rings (SSSR count). The Labute approximate surface area is 81.3 Å². The Morgan fingerprint density at radius 3 is 2.50 bits per heavy atom. The average molecular weight is 200 g/mol. The first-order chi connectivity index (χ1) is 6.42. The number of benzene rings is 1. The molecule has 0 aliphatic carbocycles. The SMILES string of the molecule is [B]c1ccc(OC)cc1CC(F)(F)F. The van der Waals surface area contributed by atoms with Gasteiger partial charge in [0.05, 0.1) is 13.5 Å². The molecule has 0 heterocycles. The molecule has 5 heteroatoms. The molecule has 0 saturated heterocycles. The predicted molar refractivity (Wildman–Crippen MR) is 48.1 cm³/mol. The molecule has 0 unspecified atom stereocenters. The summed E-state index contributed by atoms with van der Waals surface area (Å²) in [5.74, 6) is 0.374. The van der Waals surface area contributed by atoms with Crippen molar-refractivity contribution in [2.24, 2.45) is 0 Å². The van der Waals surface area contributed by atoms with Crippen LogP contribution in [0.4, 0.5) is 13.2 Å². The normalized spacial score (nSPS) is 11.4. The van der Waals surface area contributed by atoms with E-state index in [2.05, 4.69) is 0 Å². The van der Waals surface area contributed by atoms with Gasteiger partial charge in [0.25, 0.3) is 0 Å². The highest BCUT2D eigenvalue weighted by Gasteiger charge is 2.28. The first kappa shape index (κ1) is 11.0. The fourth-order valence-corrected chi connectivity index (χ4v) is 1.08. The Bertz CT molecular complexity index is 322. The van der Waals surface area contributed by atoms with E-state index in [1.54, 1.807) is 0 Å². The monoisotopic (exact) mass is 200 g/mol. The Morgan fingerprint density at radius 1 is 1.36 bits per heavy atom. The molecule has 0 aromatic heterocycles. The van der Waals surface area contributed by atoms with Crippen LogP contribution in [0.2, 0.25) is 0 Å². The minimum atomic E-state index is -4.25. The Balaban J connectivity index is 2.95. The van der Waals surface area contributed by atoms with Crippen LogP contribution in [0, 0.1) is 0 Å². The van der Waals surface area contributed by atoms with Gasteiger partial charge in [0.15, 0.2) is 0 Å². The lowest BCUT2D eigenvalue weighted by atomic mass is 9.89. The van der Waals surface area contributed by atoms with Gasteiger partial charge in [-0.05, 0) is 17.7 Å². The molecule has 2 radical (unpaired) electrons. The fourth-order valence-electron chi connectivity index (χ4n) is 1.08. The van der Waals surface area contributed by atoms with Crippen molar-refractivity contribution >= 4 is 13.3 Å². The topological polar surface area (TPSA) is 9.23 Å². The van der Waals surface area contributed by atoms with E-state index in [9.17, 15) is 13.2 Å². The van der Waals surface area contributed by atoms with Gasteiger partial charge < -0.3 is 4.74 Å². The second-order valence-corrected chi connectivity index (χ2v) is 2.86. The highest BCUT2D eigenvalue weighted by atomic mass is 19.4. The van der Waals surface area contributed by atoms with Gasteiger partial charge >= 0.3 is 6.18 Å².